The molecule has 3 rings (SSSR count). The van der Waals surface area contributed by atoms with Crippen LogP contribution in [0.3, 0.4) is 0 Å². The Labute approximate surface area is 168 Å². The second-order valence-electron chi connectivity index (χ2n) is 6.83. The normalized spacial score (nSPS) is 12.1. The number of benzene rings is 2. The molecule has 146 valence electrons. The van der Waals surface area contributed by atoms with E-state index in [4.69, 9.17) is 4.42 Å². The lowest BCUT2D eigenvalue weighted by Crippen LogP contribution is -3.08. The molecule has 2 aromatic carbocycles. The van der Waals surface area contributed by atoms with Gasteiger partial charge in [-0.15, -0.1) is 11.8 Å². The van der Waals surface area contributed by atoms with Crippen LogP contribution >= 0.6 is 11.8 Å². The number of thioether (sulfide) groups is 1. The van der Waals surface area contributed by atoms with Gasteiger partial charge in [-0.05, 0) is 36.4 Å². The standard InChI is InChI=1S/C22H24N2O3S/c1-4-15-9-10-17-16(12-22(26)27-19(17)11-15)13-24(2)14-21(25)23-18-7-5-6-8-20(18)28-3/h5-12H,4,13-14H2,1-3H3,(H,23,25)/p+1. The smallest absolute Gasteiger partial charge is 0.336 e. The predicted octanol–water partition coefficient (Wildman–Crippen LogP) is 2.73. The summed E-state index contributed by atoms with van der Waals surface area (Å²) in [6.45, 7) is 2.93. The molecule has 1 heterocycles. The Balaban J connectivity index is 1.73. The minimum Gasteiger partial charge on any atom is -0.423 e. The maximum absolute atomic E-state index is 12.5. The summed E-state index contributed by atoms with van der Waals surface area (Å²) in [6.07, 6.45) is 2.87. The van der Waals surface area contributed by atoms with Crippen molar-refractivity contribution in [2.75, 3.05) is 25.2 Å². The third kappa shape index (κ3) is 4.82. The third-order valence-corrected chi connectivity index (χ3v) is 5.43. The number of quaternary nitrogens is 1. The Morgan fingerprint density at radius 3 is 2.71 bits per heavy atom. The molecule has 28 heavy (non-hydrogen) atoms. The van der Waals surface area contributed by atoms with E-state index in [1.54, 1.807) is 11.8 Å². The largest absolute Gasteiger partial charge is 0.423 e. The second kappa shape index (κ2) is 9.08. The second-order valence-corrected chi connectivity index (χ2v) is 7.68. The molecule has 0 saturated carbocycles. The fourth-order valence-corrected chi connectivity index (χ4v) is 3.80. The molecule has 0 spiro atoms. The highest BCUT2D eigenvalue weighted by molar-refractivity contribution is 7.98. The molecule has 2 N–H and O–H groups in total. The highest BCUT2D eigenvalue weighted by atomic mass is 32.2. The van der Waals surface area contributed by atoms with Gasteiger partial charge >= 0.3 is 5.63 Å². The third-order valence-electron chi connectivity index (χ3n) is 4.64. The van der Waals surface area contributed by atoms with Gasteiger partial charge in [0.05, 0.1) is 12.7 Å². The summed E-state index contributed by atoms with van der Waals surface area (Å²) in [7, 11) is 1.95. The summed E-state index contributed by atoms with van der Waals surface area (Å²) < 4.78 is 5.37. The first-order valence-electron chi connectivity index (χ1n) is 9.30. The zero-order valence-corrected chi connectivity index (χ0v) is 17.2. The number of rotatable bonds is 7. The van der Waals surface area contributed by atoms with Gasteiger partial charge in [0.2, 0.25) is 0 Å². The van der Waals surface area contributed by atoms with Gasteiger partial charge in [0.15, 0.2) is 6.54 Å². The number of hydrogen-bond acceptors (Lipinski definition) is 4. The fraction of sp³-hybridized carbons (Fsp3) is 0.273. The van der Waals surface area contributed by atoms with Crippen molar-refractivity contribution in [1.82, 2.24) is 0 Å². The zero-order valence-electron chi connectivity index (χ0n) is 16.4. The van der Waals surface area contributed by atoms with Gasteiger partial charge in [-0.1, -0.05) is 31.2 Å². The summed E-state index contributed by atoms with van der Waals surface area (Å²) in [6, 6.07) is 15.2. The Hall–Kier alpha value is -2.57. The zero-order chi connectivity index (χ0) is 20.1. The Morgan fingerprint density at radius 1 is 1.18 bits per heavy atom. The van der Waals surface area contributed by atoms with Gasteiger partial charge in [-0.2, -0.15) is 0 Å². The number of carbonyl (C=O) groups is 1. The quantitative estimate of drug-likeness (QED) is 0.475. The van der Waals surface area contributed by atoms with Crippen molar-refractivity contribution in [1.29, 1.82) is 0 Å². The molecule has 0 aliphatic rings. The van der Waals surface area contributed by atoms with Crippen molar-refractivity contribution in [3.8, 4) is 0 Å². The number of nitrogens with one attached hydrogen (secondary N) is 2. The minimum absolute atomic E-state index is 0.0560. The van der Waals surface area contributed by atoms with E-state index in [-0.39, 0.29) is 11.5 Å². The van der Waals surface area contributed by atoms with Crippen LogP contribution in [0.1, 0.15) is 18.1 Å². The maximum Gasteiger partial charge on any atom is 0.336 e. The van der Waals surface area contributed by atoms with Crippen molar-refractivity contribution >= 4 is 34.3 Å². The average molecular weight is 398 g/mol. The number of likely N-dealkylation sites (N-methyl/N-ethyl adjacent to an activating group) is 1. The van der Waals surface area contributed by atoms with Crippen LogP contribution in [0.5, 0.6) is 0 Å². The first-order valence-corrected chi connectivity index (χ1v) is 10.5. The molecular formula is C22H25N2O3S+. The molecule has 1 unspecified atom stereocenters. The Kier molecular flexibility index (Phi) is 6.54. The molecule has 0 bridgehead atoms. The van der Waals surface area contributed by atoms with E-state index >= 15 is 0 Å². The van der Waals surface area contributed by atoms with Crippen LogP contribution in [0, 0.1) is 0 Å². The van der Waals surface area contributed by atoms with Gasteiger partial charge in [0, 0.05) is 21.9 Å². The first-order chi connectivity index (χ1) is 13.5. The van der Waals surface area contributed by atoms with E-state index in [1.807, 2.05) is 55.8 Å². The molecule has 0 aliphatic carbocycles. The number of amides is 1. The highest BCUT2D eigenvalue weighted by Gasteiger charge is 2.15. The molecule has 1 amide bonds. The number of anilines is 1. The van der Waals surface area contributed by atoms with Crippen LogP contribution in [0.25, 0.3) is 11.0 Å². The van der Waals surface area contributed by atoms with Crippen molar-refractivity contribution in [2.24, 2.45) is 0 Å². The molecule has 5 nitrogen and oxygen atoms in total. The fourth-order valence-electron chi connectivity index (χ4n) is 3.24. The number of aryl methyl sites for hydroxylation is 1. The number of hydrogen-bond donors (Lipinski definition) is 2. The van der Waals surface area contributed by atoms with E-state index in [0.717, 1.165) is 38.4 Å². The Bertz CT molecular complexity index is 1050. The predicted molar refractivity (Wildman–Crippen MR) is 114 cm³/mol. The van der Waals surface area contributed by atoms with Crippen LogP contribution < -0.4 is 15.8 Å². The van der Waals surface area contributed by atoms with Crippen LogP contribution in [0.15, 0.2) is 62.6 Å². The van der Waals surface area contributed by atoms with Gasteiger partial charge < -0.3 is 14.6 Å². The molecule has 0 fully saturated rings. The van der Waals surface area contributed by atoms with Crippen LogP contribution in [0.4, 0.5) is 5.69 Å². The van der Waals surface area contributed by atoms with Crippen LogP contribution in [-0.4, -0.2) is 25.8 Å². The Morgan fingerprint density at radius 2 is 1.96 bits per heavy atom. The van der Waals surface area contributed by atoms with Crippen molar-refractivity contribution in [2.45, 2.75) is 24.8 Å². The van der Waals surface area contributed by atoms with Crippen LogP contribution in [-0.2, 0) is 17.8 Å². The molecule has 3 aromatic rings. The molecule has 6 heteroatoms. The summed E-state index contributed by atoms with van der Waals surface area (Å²) in [5, 5.41) is 3.90. The number of carbonyl (C=O) groups excluding carboxylic acids is 1. The summed E-state index contributed by atoms with van der Waals surface area (Å²) >= 11 is 1.60. The molecule has 1 atom stereocenters. The molecule has 0 aliphatic heterocycles. The van der Waals surface area contributed by atoms with Crippen molar-refractivity contribution in [3.63, 3.8) is 0 Å². The highest BCUT2D eigenvalue weighted by Crippen LogP contribution is 2.24. The lowest BCUT2D eigenvalue weighted by molar-refractivity contribution is -0.885. The van der Waals surface area contributed by atoms with Gasteiger partial charge in [0.25, 0.3) is 5.91 Å². The number of fused-ring (bicyclic) bond motifs is 1. The van der Waals surface area contributed by atoms with Crippen molar-refractivity contribution in [3.05, 3.63) is 70.1 Å². The summed E-state index contributed by atoms with van der Waals surface area (Å²) in [5.74, 6) is -0.0560. The maximum atomic E-state index is 12.5. The summed E-state index contributed by atoms with van der Waals surface area (Å²) in [4.78, 5) is 26.5. The van der Waals surface area contributed by atoms with E-state index in [0.29, 0.717) is 18.7 Å². The van der Waals surface area contributed by atoms with E-state index in [1.165, 1.54) is 6.07 Å². The lowest BCUT2D eigenvalue weighted by atomic mass is 10.1. The molecule has 0 radical (unpaired) electrons. The van der Waals surface area contributed by atoms with Gasteiger partial charge in [0.1, 0.15) is 12.1 Å². The van der Waals surface area contributed by atoms with Gasteiger partial charge in [-0.3, -0.25) is 4.79 Å². The summed E-state index contributed by atoms with van der Waals surface area (Å²) in [5.41, 5.74) is 3.09. The molecule has 0 saturated heterocycles. The first kappa shape index (κ1) is 20.2. The van der Waals surface area contributed by atoms with Gasteiger partial charge in [-0.25, -0.2) is 4.79 Å². The van der Waals surface area contributed by atoms with E-state index < -0.39 is 0 Å². The lowest BCUT2D eigenvalue weighted by Gasteiger charge is -2.16. The monoisotopic (exact) mass is 397 g/mol. The SMILES string of the molecule is CCc1ccc2c(C[NH+](C)CC(=O)Nc3ccccc3SC)cc(=O)oc2c1. The topological polar surface area (TPSA) is 63.8 Å². The van der Waals surface area contributed by atoms with E-state index in [9.17, 15) is 9.59 Å². The average Bonchev–Trinajstić information content (AvgIpc) is 2.67. The molecular weight excluding hydrogens is 372 g/mol. The van der Waals surface area contributed by atoms with Crippen molar-refractivity contribution < 1.29 is 14.1 Å². The van der Waals surface area contributed by atoms with Crippen LogP contribution in [0.2, 0.25) is 0 Å². The van der Waals surface area contributed by atoms with E-state index in [2.05, 4.69) is 12.2 Å². The minimum atomic E-state index is -0.359. The number of para-hydroxylation sites is 1. The molecule has 1 aromatic heterocycles.